The minimum Gasteiger partial charge on any atom is -0.507 e. The smallest absolute Gasteiger partial charge is 0.154 e. The van der Waals surface area contributed by atoms with Crippen molar-refractivity contribution in [2.24, 2.45) is 0 Å². The molecule has 0 radical (unpaired) electrons. The highest BCUT2D eigenvalue weighted by molar-refractivity contribution is 5.78. The number of phenolic OH excluding ortho intramolecular Hbond substituents is 1. The number of nitrogen functional groups attached to an aromatic ring is 1. The zero-order valence-electron chi connectivity index (χ0n) is 13.8. The summed E-state index contributed by atoms with van der Waals surface area (Å²) in [6.45, 7) is 0.882. The van der Waals surface area contributed by atoms with Gasteiger partial charge in [-0.05, 0) is 43.4 Å². The molecule has 122 valence electrons. The van der Waals surface area contributed by atoms with Gasteiger partial charge in [0.25, 0.3) is 0 Å². The molecule has 0 saturated carbocycles. The first-order chi connectivity index (χ1) is 11.5. The monoisotopic (exact) mass is 320 g/mol. The topological polar surface area (TPSA) is 75.3 Å². The molecule has 0 saturated heterocycles. The fraction of sp³-hybridized carbons (Fsp3) is 0.158. The maximum absolute atomic E-state index is 10.0. The lowest BCUT2D eigenvalue weighted by molar-refractivity contribution is 0.402. The van der Waals surface area contributed by atoms with Crippen LogP contribution in [0.5, 0.6) is 5.75 Å². The molecule has 0 amide bonds. The lowest BCUT2D eigenvalue weighted by Crippen LogP contribution is -2.10. The number of aromatic nitrogens is 2. The van der Waals surface area contributed by atoms with Gasteiger partial charge in [-0.1, -0.05) is 36.4 Å². The summed E-state index contributed by atoms with van der Waals surface area (Å²) in [5.41, 5.74) is 10.2. The van der Waals surface area contributed by atoms with Crippen LogP contribution in [0.2, 0.25) is 0 Å². The molecule has 2 aromatic carbocycles. The zero-order valence-corrected chi connectivity index (χ0v) is 13.8. The standard InChI is InChI=1S/C19H20N4O/c1-23(2)12-13-7-9-14(10-8-13)16-11-17(21-22-19(16)20)15-5-3-4-6-18(15)24/h3-11,24H,12H2,1-2H3,(H2,20,22). The first-order valence-electron chi connectivity index (χ1n) is 7.70. The fourth-order valence-electron chi connectivity index (χ4n) is 2.61. The van der Waals surface area contributed by atoms with Gasteiger partial charge in [-0.25, -0.2) is 0 Å². The van der Waals surface area contributed by atoms with Crippen molar-refractivity contribution in [1.82, 2.24) is 15.1 Å². The average Bonchev–Trinajstić information content (AvgIpc) is 2.56. The van der Waals surface area contributed by atoms with Crippen molar-refractivity contribution in [2.45, 2.75) is 6.54 Å². The summed E-state index contributed by atoms with van der Waals surface area (Å²) >= 11 is 0. The number of anilines is 1. The van der Waals surface area contributed by atoms with Crippen molar-refractivity contribution in [3.63, 3.8) is 0 Å². The van der Waals surface area contributed by atoms with Crippen molar-refractivity contribution in [3.8, 4) is 28.1 Å². The Balaban J connectivity index is 1.99. The van der Waals surface area contributed by atoms with Crippen LogP contribution in [0.3, 0.4) is 0 Å². The molecule has 0 bridgehead atoms. The average molecular weight is 320 g/mol. The molecule has 0 aliphatic heterocycles. The molecule has 3 rings (SSSR count). The third-order valence-corrected chi connectivity index (χ3v) is 3.77. The molecule has 5 heteroatoms. The summed E-state index contributed by atoms with van der Waals surface area (Å²) in [6.07, 6.45) is 0. The number of para-hydroxylation sites is 1. The summed E-state index contributed by atoms with van der Waals surface area (Å²) in [7, 11) is 4.08. The zero-order chi connectivity index (χ0) is 17.1. The van der Waals surface area contributed by atoms with Gasteiger partial charge in [-0.15, -0.1) is 10.2 Å². The van der Waals surface area contributed by atoms with E-state index in [4.69, 9.17) is 5.73 Å². The Morgan fingerprint density at radius 2 is 1.67 bits per heavy atom. The maximum Gasteiger partial charge on any atom is 0.154 e. The van der Waals surface area contributed by atoms with Crippen molar-refractivity contribution in [3.05, 3.63) is 60.2 Å². The van der Waals surface area contributed by atoms with Crippen LogP contribution in [0.1, 0.15) is 5.56 Å². The molecule has 0 aliphatic rings. The van der Waals surface area contributed by atoms with Gasteiger partial charge in [-0.2, -0.15) is 0 Å². The second kappa shape index (κ2) is 6.68. The van der Waals surface area contributed by atoms with Gasteiger partial charge in [0.2, 0.25) is 0 Å². The van der Waals surface area contributed by atoms with E-state index in [-0.39, 0.29) is 5.75 Å². The highest BCUT2D eigenvalue weighted by Gasteiger charge is 2.11. The minimum absolute atomic E-state index is 0.170. The van der Waals surface area contributed by atoms with E-state index in [1.54, 1.807) is 18.2 Å². The Bertz CT molecular complexity index is 844. The third-order valence-electron chi connectivity index (χ3n) is 3.77. The van der Waals surface area contributed by atoms with E-state index in [1.807, 2.05) is 38.4 Å². The van der Waals surface area contributed by atoms with Crippen LogP contribution in [0.25, 0.3) is 22.4 Å². The normalized spacial score (nSPS) is 11.0. The van der Waals surface area contributed by atoms with Crippen LogP contribution < -0.4 is 5.73 Å². The molecular weight excluding hydrogens is 300 g/mol. The first-order valence-corrected chi connectivity index (χ1v) is 7.70. The van der Waals surface area contributed by atoms with E-state index >= 15 is 0 Å². The SMILES string of the molecule is CN(C)Cc1ccc(-c2cc(-c3ccccc3O)nnc2N)cc1. The number of aromatic hydroxyl groups is 1. The Labute approximate surface area is 141 Å². The summed E-state index contributed by atoms with van der Waals surface area (Å²) in [5, 5.41) is 18.2. The van der Waals surface area contributed by atoms with Gasteiger partial charge in [0.05, 0.1) is 5.69 Å². The molecule has 0 fully saturated rings. The molecule has 0 atom stereocenters. The lowest BCUT2D eigenvalue weighted by Gasteiger charge is -2.11. The van der Waals surface area contributed by atoms with Crippen molar-refractivity contribution >= 4 is 5.82 Å². The second-order valence-electron chi connectivity index (χ2n) is 5.98. The van der Waals surface area contributed by atoms with Crippen molar-refractivity contribution < 1.29 is 5.11 Å². The third kappa shape index (κ3) is 3.36. The summed E-state index contributed by atoms with van der Waals surface area (Å²) in [6, 6.07) is 17.1. The van der Waals surface area contributed by atoms with Crippen molar-refractivity contribution in [1.29, 1.82) is 0 Å². The Hall–Kier alpha value is -2.92. The van der Waals surface area contributed by atoms with Crippen LogP contribution in [0.15, 0.2) is 54.6 Å². The molecule has 1 heterocycles. The molecule has 0 unspecified atom stereocenters. The van der Waals surface area contributed by atoms with Crippen LogP contribution in [0, 0.1) is 0 Å². The molecule has 1 aromatic heterocycles. The Morgan fingerprint density at radius 1 is 0.958 bits per heavy atom. The highest BCUT2D eigenvalue weighted by Crippen LogP contribution is 2.32. The van der Waals surface area contributed by atoms with Gasteiger partial charge in [-0.3, -0.25) is 0 Å². The molecular formula is C19H20N4O. The van der Waals surface area contributed by atoms with E-state index in [0.29, 0.717) is 17.1 Å². The van der Waals surface area contributed by atoms with Crippen LogP contribution >= 0.6 is 0 Å². The molecule has 3 aromatic rings. The number of nitrogens with zero attached hydrogens (tertiary/aromatic N) is 3. The van der Waals surface area contributed by atoms with Gasteiger partial charge >= 0.3 is 0 Å². The van der Waals surface area contributed by atoms with Crippen LogP contribution in [-0.4, -0.2) is 34.3 Å². The number of hydrogen-bond donors (Lipinski definition) is 2. The van der Waals surface area contributed by atoms with E-state index < -0.39 is 0 Å². The Kier molecular flexibility index (Phi) is 4.44. The number of benzene rings is 2. The Morgan fingerprint density at radius 3 is 2.33 bits per heavy atom. The van der Waals surface area contributed by atoms with Crippen LogP contribution in [0.4, 0.5) is 5.82 Å². The predicted molar refractivity (Wildman–Crippen MR) is 96.4 cm³/mol. The van der Waals surface area contributed by atoms with Gasteiger partial charge in [0.15, 0.2) is 5.82 Å². The van der Waals surface area contributed by atoms with E-state index in [2.05, 4.69) is 27.2 Å². The summed E-state index contributed by atoms with van der Waals surface area (Å²) in [4.78, 5) is 2.12. The van der Waals surface area contributed by atoms with E-state index in [9.17, 15) is 5.11 Å². The van der Waals surface area contributed by atoms with Gasteiger partial charge in [0, 0.05) is 17.7 Å². The van der Waals surface area contributed by atoms with Crippen LogP contribution in [-0.2, 0) is 6.54 Å². The predicted octanol–water partition coefficient (Wildman–Crippen LogP) is 3.16. The molecule has 5 nitrogen and oxygen atoms in total. The maximum atomic E-state index is 10.0. The van der Waals surface area contributed by atoms with Gasteiger partial charge in [0.1, 0.15) is 5.75 Å². The van der Waals surface area contributed by atoms with E-state index in [1.165, 1.54) is 5.56 Å². The molecule has 24 heavy (non-hydrogen) atoms. The number of rotatable bonds is 4. The fourth-order valence-corrected chi connectivity index (χ4v) is 2.61. The molecule has 0 aliphatic carbocycles. The van der Waals surface area contributed by atoms with E-state index in [0.717, 1.165) is 17.7 Å². The minimum atomic E-state index is 0.170. The number of nitrogens with two attached hydrogens (primary N) is 1. The number of phenols is 1. The largest absolute Gasteiger partial charge is 0.507 e. The highest BCUT2D eigenvalue weighted by atomic mass is 16.3. The van der Waals surface area contributed by atoms with Gasteiger partial charge < -0.3 is 15.7 Å². The quantitative estimate of drug-likeness (QED) is 0.772. The molecule has 0 spiro atoms. The molecule has 3 N–H and O–H groups in total. The second-order valence-corrected chi connectivity index (χ2v) is 5.98. The lowest BCUT2D eigenvalue weighted by atomic mass is 10.0. The van der Waals surface area contributed by atoms with Crippen molar-refractivity contribution in [2.75, 3.05) is 19.8 Å². The first kappa shape index (κ1) is 16.0. The summed E-state index contributed by atoms with van der Waals surface area (Å²) in [5.74, 6) is 0.540. The summed E-state index contributed by atoms with van der Waals surface area (Å²) < 4.78 is 0. The number of hydrogen-bond acceptors (Lipinski definition) is 5.